The predicted molar refractivity (Wildman–Crippen MR) is 86.8 cm³/mol. The number of hydrogen-bond acceptors (Lipinski definition) is 3. The fourth-order valence-electron chi connectivity index (χ4n) is 2.68. The number of aliphatic carboxylic acids is 1. The molecule has 2 amide bonds. The van der Waals surface area contributed by atoms with Crippen LogP contribution in [0.3, 0.4) is 0 Å². The molecule has 0 bridgehead atoms. The smallest absolute Gasteiger partial charge is 0.326 e. The lowest BCUT2D eigenvalue weighted by molar-refractivity contribution is -0.139. The van der Waals surface area contributed by atoms with Crippen LogP contribution in [-0.2, 0) is 4.79 Å². The molecule has 1 aliphatic carbocycles. The maximum absolute atomic E-state index is 12.2. The molecule has 0 heterocycles. The fraction of sp³-hybridized carbons (Fsp3) is 0.867. The highest BCUT2D eigenvalue weighted by Gasteiger charge is 2.31. The van der Waals surface area contributed by atoms with E-state index in [0.717, 1.165) is 31.4 Å². The van der Waals surface area contributed by atoms with Crippen LogP contribution in [0.1, 0.15) is 46.0 Å². The van der Waals surface area contributed by atoms with Crippen molar-refractivity contribution in [2.45, 2.75) is 58.0 Å². The van der Waals surface area contributed by atoms with E-state index in [2.05, 4.69) is 19.2 Å². The van der Waals surface area contributed by atoms with Gasteiger partial charge in [0.15, 0.2) is 0 Å². The van der Waals surface area contributed by atoms with E-state index < -0.39 is 12.0 Å². The van der Waals surface area contributed by atoms with Gasteiger partial charge in [-0.2, -0.15) is 11.8 Å². The van der Waals surface area contributed by atoms with Crippen molar-refractivity contribution < 1.29 is 14.7 Å². The molecule has 122 valence electrons. The monoisotopic (exact) mass is 316 g/mol. The van der Waals surface area contributed by atoms with Crippen LogP contribution >= 0.6 is 11.8 Å². The lowest BCUT2D eigenvalue weighted by Crippen LogP contribution is -2.51. The van der Waals surface area contributed by atoms with Crippen molar-refractivity contribution >= 4 is 23.8 Å². The first-order chi connectivity index (χ1) is 9.76. The summed E-state index contributed by atoms with van der Waals surface area (Å²) in [5.41, 5.74) is 0.357. The van der Waals surface area contributed by atoms with Gasteiger partial charge in [-0.3, -0.25) is 0 Å². The van der Waals surface area contributed by atoms with Gasteiger partial charge in [0.05, 0.1) is 0 Å². The summed E-state index contributed by atoms with van der Waals surface area (Å²) in [7, 11) is 1.77. The minimum absolute atomic E-state index is 0.216. The van der Waals surface area contributed by atoms with Gasteiger partial charge in [0.1, 0.15) is 6.04 Å². The summed E-state index contributed by atoms with van der Waals surface area (Å²) in [6.07, 6.45) is 6.55. The minimum atomic E-state index is -0.962. The van der Waals surface area contributed by atoms with Crippen LogP contribution in [0.25, 0.3) is 0 Å². The van der Waals surface area contributed by atoms with Gasteiger partial charge >= 0.3 is 12.0 Å². The van der Waals surface area contributed by atoms with Gasteiger partial charge in [-0.25, -0.2) is 9.59 Å². The molecule has 6 heteroatoms. The van der Waals surface area contributed by atoms with Gasteiger partial charge in [-0.1, -0.05) is 13.8 Å². The van der Waals surface area contributed by atoms with E-state index in [4.69, 9.17) is 5.11 Å². The second kappa shape index (κ2) is 7.92. The molecule has 1 saturated carbocycles. The van der Waals surface area contributed by atoms with Crippen LogP contribution in [0.2, 0.25) is 0 Å². The van der Waals surface area contributed by atoms with Crippen LogP contribution in [0, 0.1) is 5.41 Å². The number of hydrogen-bond donors (Lipinski definition) is 2. The van der Waals surface area contributed by atoms with Crippen molar-refractivity contribution in [3.63, 3.8) is 0 Å². The SMILES string of the molecule is CSCC[C@@H](NC(=O)N(C)C1CCC(C)(C)CC1)C(=O)O. The van der Waals surface area contributed by atoms with Crippen LogP contribution in [0.4, 0.5) is 4.79 Å². The number of nitrogens with one attached hydrogen (secondary N) is 1. The summed E-state index contributed by atoms with van der Waals surface area (Å²) < 4.78 is 0. The van der Waals surface area contributed by atoms with E-state index in [1.54, 1.807) is 23.7 Å². The number of nitrogens with zero attached hydrogens (tertiary/aromatic N) is 1. The maximum Gasteiger partial charge on any atom is 0.326 e. The molecule has 0 saturated heterocycles. The molecule has 5 nitrogen and oxygen atoms in total. The highest BCUT2D eigenvalue weighted by molar-refractivity contribution is 7.98. The van der Waals surface area contributed by atoms with E-state index in [0.29, 0.717) is 11.8 Å². The van der Waals surface area contributed by atoms with Gasteiger partial charge < -0.3 is 15.3 Å². The lowest BCUT2D eigenvalue weighted by atomic mass is 9.75. The molecule has 0 radical (unpaired) electrons. The normalized spacial score (nSPS) is 19.8. The lowest BCUT2D eigenvalue weighted by Gasteiger charge is -2.38. The standard InChI is InChI=1S/C15H28N2O3S/c1-15(2)8-5-11(6-9-15)17(3)14(20)16-12(13(18)19)7-10-21-4/h11-12H,5-10H2,1-4H3,(H,16,20)(H,18,19)/t12-/m1/s1. The average molecular weight is 316 g/mol. The number of thioether (sulfide) groups is 1. The Morgan fingerprint density at radius 2 is 1.95 bits per heavy atom. The van der Waals surface area contributed by atoms with Crippen LogP contribution in [0.5, 0.6) is 0 Å². The second-order valence-electron chi connectivity index (χ2n) is 6.63. The molecule has 1 aliphatic rings. The van der Waals surface area contributed by atoms with E-state index >= 15 is 0 Å². The van der Waals surface area contributed by atoms with Crippen molar-refractivity contribution in [2.75, 3.05) is 19.1 Å². The molecule has 21 heavy (non-hydrogen) atoms. The van der Waals surface area contributed by atoms with Crippen molar-refractivity contribution in [3.05, 3.63) is 0 Å². The molecule has 2 N–H and O–H groups in total. The van der Waals surface area contributed by atoms with Crippen LogP contribution in [0.15, 0.2) is 0 Å². The number of amides is 2. The Kier molecular flexibility index (Phi) is 6.84. The molecule has 0 aliphatic heterocycles. The van der Waals surface area contributed by atoms with Crippen molar-refractivity contribution in [1.29, 1.82) is 0 Å². The predicted octanol–water partition coefficient (Wildman–Crippen LogP) is 2.80. The Bertz CT molecular complexity index is 364. The van der Waals surface area contributed by atoms with E-state index in [1.807, 2.05) is 6.26 Å². The van der Waals surface area contributed by atoms with Gasteiger partial charge in [0, 0.05) is 13.1 Å². The number of carbonyl (C=O) groups excluding carboxylic acids is 1. The summed E-state index contributed by atoms with van der Waals surface area (Å²) in [6.45, 7) is 4.51. The number of carbonyl (C=O) groups is 2. The Balaban J connectivity index is 2.51. The van der Waals surface area contributed by atoms with Crippen LogP contribution in [-0.4, -0.2) is 53.1 Å². The largest absolute Gasteiger partial charge is 0.480 e. The molecule has 1 atom stereocenters. The third-order valence-electron chi connectivity index (χ3n) is 4.38. The summed E-state index contributed by atoms with van der Waals surface area (Å²) in [5, 5.41) is 11.8. The van der Waals surface area contributed by atoms with Gasteiger partial charge in [-0.15, -0.1) is 0 Å². The molecular weight excluding hydrogens is 288 g/mol. The summed E-state index contributed by atoms with van der Waals surface area (Å²) in [6, 6.07) is -0.853. The average Bonchev–Trinajstić information content (AvgIpc) is 2.42. The van der Waals surface area contributed by atoms with E-state index in [1.165, 1.54) is 0 Å². The Labute approximate surface area is 131 Å². The van der Waals surface area contributed by atoms with Gasteiger partial charge in [0.25, 0.3) is 0 Å². The van der Waals surface area contributed by atoms with E-state index in [-0.39, 0.29) is 12.1 Å². The second-order valence-corrected chi connectivity index (χ2v) is 7.61. The molecule has 1 rings (SSSR count). The summed E-state index contributed by atoms with van der Waals surface area (Å²) in [5.74, 6) is -0.242. The zero-order chi connectivity index (χ0) is 16.0. The molecular formula is C15H28N2O3S. The quantitative estimate of drug-likeness (QED) is 0.790. The first kappa shape index (κ1) is 18.1. The first-order valence-electron chi connectivity index (χ1n) is 7.52. The first-order valence-corrected chi connectivity index (χ1v) is 8.91. The molecule has 0 aromatic heterocycles. The highest BCUT2D eigenvalue weighted by atomic mass is 32.2. The van der Waals surface area contributed by atoms with Gasteiger partial charge in [-0.05, 0) is 49.5 Å². The van der Waals surface area contributed by atoms with Crippen molar-refractivity contribution in [1.82, 2.24) is 10.2 Å². The number of carboxylic acids is 1. The zero-order valence-corrected chi connectivity index (χ0v) is 14.3. The zero-order valence-electron chi connectivity index (χ0n) is 13.5. The number of urea groups is 1. The third-order valence-corrected chi connectivity index (χ3v) is 5.03. The van der Waals surface area contributed by atoms with Gasteiger partial charge in [0.2, 0.25) is 0 Å². The van der Waals surface area contributed by atoms with Crippen LogP contribution < -0.4 is 5.32 Å². The fourth-order valence-corrected chi connectivity index (χ4v) is 3.15. The number of carboxylic acid groups (broad SMARTS) is 1. The Morgan fingerprint density at radius 3 is 2.43 bits per heavy atom. The maximum atomic E-state index is 12.2. The van der Waals surface area contributed by atoms with Crippen molar-refractivity contribution in [3.8, 4) is 0 Å². The topological polar surface area (TPSA) is 69.6 Å². The molecule has 1 fully saturated rings. The molecule has 0 unspecified atom stereocenters. The molecule has 0 spiro atoms. The minimum Gasteiger partial charge on any atom is -0.480 e. The molecule has 0 aromatic rings. The number of rotatable bonds is 6. The Hall–Kier alpha value is -0.910. The highest BCUT2D eigenvalue weighted by Crippen LogP contribution is 2.36. The van der Waals surface area contributed by atoms with Crippen molar-refractivity contribution in [2.24, 2.45) is 5.41 Å². The summed E-state index contributed by atoms with van der Waals surface area (Å²) in [4.78, 5) is 25.1. The molecule has 0 aromatic carbocycles. The van der Waals surface area contributed by atoms with E-state index in [9.17, 15) is 9.59 Å². The Morgan fingerprint density at radius 1 is 1.38 bits per heavy atom. The third kappa shape index (κ3) is 5.77. The summed E-state index contributed by atoms with van der Waals surface area (Å²) >= 11 is 1.58.